The summed E-state index contributed by atoms with van der Waals surface area (Å²) in [7, 11) is 0. The molecular formula is C14H15N. The molecule has 0 spiro atoms. The molecule has 1 unspecified atom stereocenters. The first kappa shape index (κ1) is 9.98. The fourth-order valence-electron chi connectivity index (χ4n) is 1.90. The first-order valence-electron chi connectivity index (χ1n) is 5.41. The molecule has 1 atom stereocenters. The van der Waals surface area contributed by atoms with Crippen LogP contribution in [0.1, 0.15) is 37.4 Å². The van der Waals surface area contributed by atoms with Crippen molar-refractivity contribution in [2.75, 3.05) is 0 Å². The lowest BCUT2D eigenvalue weighted by Gasteiger charge is -2.18. The molecule has 0 aliphatic heterocycles. The minimum absolute atomic E-state index is 0.712. The van der Waals surface area contributed by atoms with Crippen LogP contribution in [0.4, 0.5) is 0 Å². The Balaban J connectivity index is 2.20. The van der Waals surface area contributed by atoms with Crippen LogP contribution in [0.5, 0.6) is 0 Å². The van der Waals surface area contributed by atoms with Crippen LogP contribution in [-0.2, 0) is 0 Å². The highest BCUT2D eigenvalue weighted by molar-refractivity contribution is 5.65. The zero-order valence-corrected chi connectivity index (χ0v) is 9.03. The Hall–Kier alpha value is -1.55. The van der Waals surface area contributed by atoms with E-state index >= 15 is 0 Å². The van der Waals surface area contributed by atoms with Gasteiger partial charge in [-0.1, -0.05) is 25.0 Å². The molecule has 1 nitrogen and oxygen atoms in total. The van der Waals surface area contributed by atoms with Crippen LogP contribution in [0.15, 0.2) is 24.4 Å². The molecule has 76 valence electrons. The van der Waals surface area contributed by atoms with Crippen LogP contribution < -0.4 is 0 Å². The summed E-state index contributed by atoms with van der Waals surface area (Å²) in [6.45, 7) is 2.30. The van der Waals surface area contributed by atoms with Crippen molar-refractivity contribution in [2.45, 2.75) is 26.2 Å². The van der Waals surface area contributed by atoms with Gasteiger partial charge in [0.05, 0.1) is 0 Å². The Kier molecular flexibility index (Phi) is 2.87. The van der Waals surface area contributed by atoms with E-state index in [-0.39, 0.29) is 0 Å². The predicted molar refractivity (Wildman–Crippen MR) is 63.2 cm³/mol. The first-order valence-corrected chi connectivity index (χ1v) is 5.41. The number of hydrogen-bond donors (Lipinski definition) is 0. The maximum atomic E-state index is 5.27. The van der Waals surface area contributed by atoms with Gasteiger partial charge in [-0.3, -0.25) is 0 Å². The lowest BCUT2D eigenvalue weighted by atomic mass is 9.88. The molecule has 0 saturated carbocycles. The number of allylic oxidation sites excluding steroid dienone is 2. The van der Waals surface area contributed by atoms with Crippen molar-refractivity contribution in [3.63, 3.8) is 0 Å². The molecule has 0 saturated heterocycles. The molecule has 1 aromatic heterocycles. The monoisotopic (exact) mass is 197 g/mol. The Labute approximate surface area is 91.2 Å². The van der Waals surface area contributed by atoms with E-state index in [1.165, 1.54) is 24.0 Å². The van der Waals surface area contributed by atoms with E-state index in [1.807, 2.05) is 12.3 Å². The Morgan fingerprint density at radius 3 is 2.87 bits per heavy atom. The molecule has 1 heteroatoms. The molecule has 1 aliphatic rings. The SMILES string of the molecule is C#Cc1ccc(C2=CCC(C)CC2)cn1. The average molecular weight is 197 g/mol. The van der Waals surface area contributed by atoms with E-state index in [1.54, 1.807) is 0 Å². The number of aromatic nitrogens is 1. The maximum Gasteiger partial charge on any atom is 0.112 e. The zero-order valence-electron chi connectivity index (χ0n) is 9.03. The molecule has 0 N–H and O–H groups in total. The van der Waals surface area contributed by atoms with Crippen molar-refractivity contribution in [2.24, 2.45) is 5.92 Å². The lowest BCUT2D eigenvalue weighted by molar-refractivity contribution is 0.534. The van der Waals surface area contributed by atoms with Crippen LogP contribution in [0, 0.1) is 18.3 Å². The van der Waals surface area contributed by atoms with Crippen molar-refractivity contribution in [3.05, 3.63) is 35.7 Å². The topological polar surface area (TPSA) is 12.9 Å². The Morgan fingerprint density at radius 2 is 2.33 bits per heavy atom. The minimum Gasteiger partial charge on any atom is -0.247 e. The van der Waals surface area contributed by atoms with E-state index < -0.39 is 0 Å². The van der Waals surface area contributed by atoms with Crippen molar-refractivity contribution >= 4 is 5.57 Å². The summed E-state index contributed by atoms with van der Waals surface area (Å²) in [5.41, 5.74) is 3.36. The van der Waals surface area contributed by atoms with Crippen LogP contribution in [-0.4, -0.2) is 4.98 Å². The third-order valence-electron chi connectivity index (χ3n) is 2.96. The number of terminal acetylenes is 1. The first-order chi connectivity index (χ1) is 7.29. The highest BCUT2D eigenvalue weighted by Crippen LogP contribution is 2.29. The highest BCUT2D eigenvalue weighted by Gasteiger charge is 2.11. The summed E-state index contributed by atoms with van der Waals surface area (Å²) in [6, 6.07) is 3.98. The second-order valence-corrected chi connectivity index (χ2v) is 4.19. The summed E-state index contributed by atoms with van der Waals surface area (Å²) < 4.78 is 0. The van der Waals surface area contributed by atoms with Crippen molar-refractivity contribution in [1.29, 1.82) is 0 Å². The summed E-state index contributed by atoms with van der Waals surface area (Å²) >= 11 is 0. The van der Waals surface area contributed by atoms with Gasteiger partial charge in [0.25, 0.3) is 0 Å². The van der Waals surface area contributed by atoms with Crippen LogP contribution in [0.25, 0.3) is 5.57 Å². The maximum absolute atomic E-state index is 5.27. The summed E-state index contributed by atoms with van der Waals surface area (Å²) in [5.74, 6) is 3.36. The van der Waals surface area contributed by atoms with Crippen LogP contribution >= 0.6 is 0 Å². The molecule has 0 bridgehead atoms. The van der Waals surface area contributed by atoms with E-state index in [0.29, 0.717) is 5.69 Å². The lowest BCUT2D eigenvalue weighted by Crippen LogP contribution is -2.01. The van der Waals surface area contributed by atoms with Crippen molar-refractivity contribution in [1.82, 2.24) is 4.98 Å². The van der Waals surface area contributed by atoms with Gasteiger partial charge in [0.1, 0.15) is 5.69 Å². The molecule has 0 aromatic carbocycles. The summed E-state index contributed by atoms with van der Waals surface area (Å²) in [4.78, 5) is 4.21. The van der Waals surface area contributed by atoms with Crippen LogP contribution in [0.3, 0.4) is 0 Å². The summed E-state index contributed by atoms with van der Waals surface area (Å²) in [5, 5.41) is 0. The molecule has 0 radical (unpaired) electrons. The van der Waals surface area contributed by atoms with Gasteiger partial charge in [-0.05, 0) is 42.4 Å². The molecular weight excluding hydrogens is 182 g/mol. The van der Waals surface area contributed by atoms with Gasteiger partial charge in [0.15, 0.2) is 0 Å². The highest BCUT2D eigenvalue weighted by atomic mass is 14.7. The quantitative estimate of drug-likeness (QED) is 0.630. The van der Waals surface area contributed by atoms with Crippen molar-refractivity contribution in [3.8, 4) is 12.3 Å². The minimum atomic E-state index is 0.712. The molecule has 1 heterocycles. The van der Waals surface area contributed by atoms with Gasteiger partial charge >= 0.3 is 0 Å². The molecule has 2 rings (SSSR count). The van der Waals surface area contributed by atoms with Gasteiger partial charge in [-0.15, -0.1) is 6.42 Å². The molecule has 0 fully saturated rings. The zero-order chi connectivity index (χ0) is 10.7. The van der Waals surface area contributed by atoms with E-state index in [0.717, 1.165) is 12.3 Å². The average Bonchev–Trinajstić information content (AvgIpc) is 2.30. The second kappa shape index (κ2) is 4.31. The smallest absolute Gasteiger partial charge is 0.112 e. The second-order valence-electron chi connectivity index (χ2n) is 4.19. The van der Waals surface area contributed by atoms with E-state index in [4.69, 9.17) is 6.42 Å². The fourth-order valence-corrected chi connectivity index (χ4v) is 1.90. The van der Waals surface area contributed by atoms with Gasteiger partial charge < -0.3 is 0 Å². The summed E-state index contributed by atoms with van der Waals surface area (Å²) in [6.07, 6.45) is 13.1. The largest absolute Gasteiger partial charge is 0.247 e. The Morgan fingerprint density at radius 1 is 1.47 bits per heavy atom. The predicted octanol–water partition coefficient (Wildman–Crippen LogP) is 3.27. The fraction of sp³-hybridized carbons (Fsp3) is 0.357. The van der Waals surface area contributed by atoms with E-state index in [2.05, 4.69) is 30.0 Å². The van der Waals surface area contributed by atoms with Gasteiger partial charge in [-0.25, -0.2) is 4.98 Å². The standard InChI is InChI=1S/C14H15N/c1-3-14-9-8-13(10-15-14)12-6-4-11(2)5-7-12/h1,6,8-11H,4-5,7H2,2H3. The van der Waals surface area contributed by atoms with Crippen LogP contribution in [0.2, 0.25) is 0 Å². The molecule has 0 amide bonds. The Bertz CT molecular complexity index is 406. The number of pyridine rings is 1. The van der Waals surface area contributed by atoms with Crippen molar-refractivity contribution < 1.29 is 0 Å². The van der Waals surface area contributed by atoms with Gasteiger partial charge in [0, 0.05) is 6.20 Å². The third-order valence-corrected chi connectivity index (χ3v) is 2.96. The van der Waals surface area contributed by atoms with Gasteiger partial charge in [-0.2, -0.15) is 0 Å². The normalized spacial score (nSPS) is 20.5. The third kappa shape index (κ3) is 2.27. The van der Waals surface area contributed by atoms with Gasteiger partial charge in [0.2, 0.25) is 0 Å². The molecule has 1 aliphatic carbocycles. The number of rotatable bonds is 1. The number of hydrogen-bond acceptors (Lipinski definition) is 1. The molecule has 15 heavy (non-hydrogen) atoms. The van der Waals surface area contributed by atoms with E-state index in [9.17, 15) is 0 Å². The molecule has 1 aromatic rings. The number of nitrogens with zero attached hydrogens (tertiary/aromatic N) is 1.